The van der Waals surface area contributed by atoms with Crippen molar-refractivity contribution in [1.29, 1.82) is 0 Å². The first-order chi connectivity index (χ1) is 21.5. The van der Waals surface area contributed by atoms with Gasteiger partial charge in [0.1, 0.15) is 11.5 Å². The maximum absolute atomic E-state index is 11.4. The van der Waals surface area contributed by atoms with Crippen LogP contribution in [0.3, 0.4) is 0 Å². The van der Waals surface area contributed by atoms with E-state index in [9.17, 15) is 10.2 Å². The van der Waals surface area contributed by atoms with Crippen molar-refractivity contribution in [3.8, 4) is 11.5 Å². The second-order valence-corrected chi connectivity index (χ2v) is 15.7. The van der Waals surface area contributed by atoms with E-state index in [4.69, 9.17) is 23.2 Å². The third-order valence-corrected chi connectivity index (χ3v) is 8.95. The molecule has 6 heteroatoms. The van der Waals surface area contributed by atoms with E-state index in [1.807, 2.05) is 24.3 Å². The van der Waals surface area contributed by atoms with Gasteiger partial charge in [0.05, 0.1) is 0 Å². The van der Waals surface area contributed by atoms with Gasteiger partial charge in [-0.25, -0.2) is 0 Å². The molecule has 0 bridgehead atoms. The molecule has 0 heterocycles. The molecule has 0 amide bonds. The Balaban J connectivity index is 1.67. The van der Waals surface area contributed by atoms with Gasteiger partial charge in [0.2, 0.25) is 0 Å². The minimum atomic E-state index is -0.178. The van der Waals surface area contributed by atoms with Crippen LogP contribution in [0.15, 0.2) is 72.8 Å². The lowest BCUT2D eigenvalue weighted by Crippen LogP contribution is -2.34. The molecule has 0 aromatic heterocycles. The fraction of sp³-hybridized carbons (Fsp3) is 0.400. The molecular weight excluding hydrogens is 611 g/mol. The predicted octanol–water partition coefficient (Wildman–Crippen LogP) is 10.3. The summed E-state index contributed by atoms with van der Waals surface area (Å²) in [5.74, 6) is 0.744. The maximum atomic E-state index is 11.4. The highest BCUT2D eigenvalue weighted by Gasteiger charge is 2.24. The Morgan fingerprint density at radius 2 is 0.848 bits per heavy atom. The molecule has 4 nitrogen and oxygen atoms in total. The van der Waals surface area contributed by atoms with Crippen LogP contribution in [0.5, 0.6) is 11.5 Å². The average Bonchev–Trinajstić information content (AvgIpc) is 2.96. The van der Waals surface area contributed by atoms with Crippen LogP contribution in [0, 0.1) is 13.8 Å². The summed E-state index contributed by atoms with van der Waals surface area (Å²) < 4.78 is 0. The molecule has 0 unspecified atom stereocenters. The lowest BCUT2D eigenvalue weighted by atomic mass is 9.84. The van der Waals surface area contributed by atoms with Crippen molar-refractivity contribution >= 4 is 23.2 Å². The first-order valence-electron chi connectivity index (χ1n) is 16.1. The first-order valence-corrected chi connectivity index (χ1v) is 16.8. The van der Waals surface area contributed by atoms with E-state index in [2.05, 4.69) is 114 Å². The zero-order valence-corrected chi connectivity index (χ0v) is 30.2. The average molecular weight is 662 g/mol. The number of rotatable bonds is 11. The van der Waals surface area contributed by atoms with Gasteiger partial charge in [-0.15, -0.1) is 0 Å². The minimum Gasteiger partial charge on any atom is -0.507 e. The van der Waals surface area contributed by atoms with Gasteiger partial charge in [-0.1, -0.05) is 124 Å². The fourth-order valence-corrected chi connectivity index (χ4v) is 6.23. The van der Waals surface area contributed by atoms with E-state index in [0.717, 1.165) is 57.6 Å². The molecule has 0 aliphatic carbocycles. The van der Waals surface area contributed by atoms with Crippen molar-refractivity contribution in [1.82, 2.24) is 9.80 Å². The Morgan fingerprint density at radius 1 is 0.522 bits per heavy atom. The number of halogens is 2. The quantitative estimate of drug-likeness (QED) is 0.168. The fourth-order valence-electron chi connectivity index (χ4n) is 5.98. The molecule has 2 N–H and O–H groups in total. The van der Waals surface area contributed by atoms with E-state index in [1.54, 1.807) is 0 Å². The van der Waals surface area contributed by atoms with E-state index < -0.39 is 0 Å². The Hall–Kier alpha value is -3.02. The van der Waals surface area contributed by atoms with Crippen LogP contribution in [0.4, 0.5) is 0 Å². The minimum absolute atomic E-state index is 0.178. The van der Waals surface area contributed by atoms with Crippen LogP contribution in [-0.4, -0.2) is 33.1 Å². The molecule has 0 fully saturated rings. The predicted molar refractivity (Wildman–Crippen MR) is 194 cm³/mol. The molecule has 46 heavy (non-hydrogen) atoms. The zero-order valence-electron chi connectivity index (χ0n) is 28.7. The number of nitrogens with zero attached hydrogens (tertiary/aromatic N) is 2. The van der Waals surface area contributed by atoms with Gasteiger partial charge in [0, 0.05) is 60.4 Å². The molecule has 0 aliphatic heterocycles. The summed E-state index contributed by atoms with van der Waals surface area (Å²) >= 11 is 12.4. The van der Waals surface area contributed by atoms with Crippen molar-refractivity contribution < 1.29 is 10.2 Å². The second-order valence-electron chi connectivity index (χ2n) is 14.8. The van der Waals surface area contributed by atoms with Crippen LogP contribution in [0.2, 0.25) is 10.0 Å². The first kappa shape index (κ1) is 35.8. The third-order valence-electron chi connectivity index (χ3n) is 8.44. The summed E-state index contributed by atoms with van der Waals surface area (Å²) in [5, 5.41) is 24.3. The summed E-state index contributed by atoms with van der Waals surface area (Å²) in [7, 11) is 0. The monoisotopic (exact) mass is 660 g/mol. The number of hydrogen-bond acceptors (Lipinski definition) is 4. The van der Waals surface area contributed by atoms with Gasteiger partial charge in [-0.05, 0) is 71.2 Å². The molecule has 0 aliphatic rings. The molecule has 0 saturated carbocycles. The molecular formula is C40H50Cl2N2O2. The Labute approximate surface area is 286 Å². The molecule has 4 aromatic carbocycles. The van der Waals surface area contributed by atoms with Crippen molar-refractivity contribution in [2.45, 2.75) is 92.4 Å². The van der Waals surface area contributed by atoms with Crippen molar-refractivity contribution in [3.63, 3.8) is 0 Å². The molecule has 4 aromatic rings. The summed E-state index contributed by atoms with van der Waals surface area (Å²) in [5.41, 5.74) is 8.00. The van der Waals surface area contributed by atoms with E-state index in [1.165, 1.54) is 0 Å². The van der Waals surface area contributed by atoms with Crippen LogP contribution >= 0.6 is 23.2 Å². The topological polar surface area (TPSA) is 46.9 Å². The molecule has 0 spiro atoms. The largest absolute Gasteiger partial charge is 0.507 e. The summed E-state index contributed by atoms with van der Waals surface area (Å²) in [6, 6.07) is 24.4. The highest BCUT2D eigenvalue weighted by atomic mass is 35.5. The van der Waals surface area contributed by atoms with Gasteiger partial charge in [0.25, 0.3) is 0 Å². The standard InChI is InChI=1S/C40H50Cl2N2O2/c1-27-19-31(37(45)35(21-27)39(3,4)5)25-43(23-29-9-13-33(41)14-10-29)17-18-44(24-30-11-15-34(42)16-12-30)26-32-20-28(2)22-36(38(32)46)40(6,7)8/h9-16,19-22,45-46H,17-18,23-26H2,1-8H3. The number of phenols is 2. The highest BCUT2D eigenvalue weighted by Crippen LogP contribution is 2.36. The smallest absolute Gasteiger partial charge is 0.123 e. The lowest BCUT2D eigenvalue weighted by Gasteiger charge is -2.30. The zero-order chi connectivity index (χ0) is 33.8. The van der Waals surface area contributed by atoms with Crippen LogP contribution in [0.1, 0.15) is 86.1 Å². The van der Waals surface area contributed by atoms with Crippen molar-refractivity contribution in [2.75, 3.05) is 13.1 Å². The van der Waals surface area contributed by atoms with Crippen LogP contribution < -0.4 is 0 Å². The van der Waals surface area contributed by atoms with E-state index >= 15 is 0 Å². The van der Waals surface area contributed by atoms with E-state index in [0.29, 0.717) is 47.7 Å². The van der Waals surface area contributed by atoms with Gasteiger partial charge < -0.3 is 10.2 Å². The van der Waals surface area contributed by atoms with Crippen molar-refractivity contribution in [2.24, 2.45) is 0 Å². The van der Waals surface area contributed by atoms with Gasteiger partial charge in [0.15, 0.2) is 0 Å². The third kappa shape index (κ3) is 9.75. The van der Waals surface area contributed by atoms with Crippen LogP contribution in [-0.2, 0) is 37.0 Å². The van der Waals surface area contributed by atoms with E-state index in [-0.39, 0.29) is 10.8 Å². The molecule has 0 radical (unpaired) electrons. The van der Waals surface area contributed by atoms with Crippen molar-refractivity contribution in [3.05, 3.63) is 127 Å². The molecule has 0 saturated heterocycles. The summed E-state index contributed by atoms with van der Waals surface area (Å²) in [6.45, 7) is 21.1. The number of aryl methyl sites for hydroxylation is 2. The van der Waals surface area contributed by atoms with Gasteiger partial charge >= 0.3 is 0 Å². The van der Waals surface area contributed by atoms with Crippen LogP contribution in [0.25, 0.3) is 0 Å². The maximum Gasteiger partial charge on any atom is 0.123 e. The van der Waals surface area contributed by atoms with Gasteiger partial charge in [-0.2, -0.15) is 0 Å². The Bertz CT molecular complexity index is 1500. The Kier molecular flexibility index (Phi) is 11.5. The molecule has 246 valence electrons. The number of hydrogen-bond donors (Lipinski definition) is 2. The van der Waals surface area contributed by atoms with Gasteiger partial charge in [-0.3, -0.25) is 9.80 Å². The molecule has 4 rings (SSSR count). The number of aromatic hydroxyl groups is 2. The second kappa shape index (κ2) is 14.8. The SMILES string of the molecule is Cc1cc(CN(CCN(Cc2ccc(Cl)cc2)Cc2cc(C)cc(C(C)(C)C)c2O)Cc2ccc(Cl)cc2)c(O)c(C(C)(C)C)c1. The number of phenolic OH excluding ortho intramolecular Hbond substituents is 2. The molecule has 0 atom stereocenters. The lowest BCUT2D eigenvalue weighted by molar-refractivity contribution is 0.180. The highest BCUT2D eigenvalue weighted by molar-refractivity contribution is 6.30. The summed E-state index contributed by atoms with van der Waals surface area (Å²) in [6.07, 6.45) is 0. The number of benzene rings is 4. The Morgan fingerprint density at radius 3 is 1.15 bits per heavy atom. The normalized spacial score (nSPS) is 12.3. The summed E-state index contributed by atoms with van der Waals surface area (Å²) in [4.78, 5) is 4.77.